The zero-order valence-corrected chi connectivity index (χ0v) is 10.1. The van der Waals surface area contributed by atoms with Crippen LogP contribution in [0.2, 0.25) is 0 Å². The fourth-order valence-corrected chi connectivity index (χ4v) is 1.61. The van der Waals surface area contributed by atoms with Gasteiger partial charge in [0.1, 0.15) is 5.69 Å². The first-order chi connectivity index (χ1) is 8.66. The average molecular weight is 239 g/mol. The van der Waals surface area contributed by atoms with Crippen LogP contribution in [0, 0.1) is 6.92 Å². The maximum Gasteiger partial charge on any atom is 0.188 e. The van der Waals surface area contributed by atoms with Crippen molar-refractivity contribution in [1.29, 1.82) is 0 Å². The summed E-state index contributed by atoms with van der Waals surface area (Å²) < 4.78 is 0. The first-order valence-electron chi connectivity index (χ1n) is 5.71. The molecule has 0 radical (unpaired) electrons. The van der Waals surface area contributed by atoms with Crippen LogP contribution in [0.4, 0.5) is 0 Å². The molecular formula is C15H13NO2. The van der Waals surface area contributed by atoms with Gasteiger partial charge >= 0.3 is 0 Å². The minimum Gasteiger partial charge on any atom is -0.294 e. The molecule has 0 atom stereocenters. The molecule has 0 saturated heterocycles. The lowest BCUT2D eigenvalue weighted by Crippen LogP contribution is -2.09. The summed E-state index contributed by atoms with van der Waals surface area (Å²) in [5.41, 5.74) is 1.98. The van der Waals surface area contributed by atoms with Crippen molar-refractivity contribution in [3.05, 3.63) is 65.5 Å². The maximum absolute atomic E-state index is 11.9. The Labute approximate surface area is 105 Å². The summed E-state index contributed by atoms with van der Waals surface area (Å²) in [7, 11) is 0. The van der Waals surface area contributed by atoms with Gasteiger partial charge in [-0.2, -0.15) is 0 Å². The number of rotatable bonds is 4. The third-order valence-electron chi connectivity index (χ3n) is 2.65. The molecule has 2 rings (SSSR count). The molecule has 18 heavy (non-hydrogen) atoms. The minimum absolute atomic E-state index is 0.139. The van der Waals surface area contributed by atoms with Gasteiger partial charge < -0.3 is 0 Å². The molecule has 2 aromatic rings. The molecule has 1 heterocycles. The Morgan fingerprint density at radius 3 is 2.33 bits per heavy atom. The van der Waals surface area contributed by atoms with Crippen molar-refractivity contribution in [2.45, 2.75) is 13.3 Å². The van der Waals surface area contributed by atoms with E-state index in [4.69, 9.17) is 0 Å². The van der Waals surface area contributed by atoms with Crippen LogP contribution in [0.15, 0.2) is 48.7 Å². The molecule has 0 amide bonds. The molecule has 0 aliphatic heterocycles. The molecule has 3 nitrogen and oxygen atoms in total. The van der Waals surface area contributed by atoms with Crippen LogP contribution >= 0.6 is 0 Å². The fraction of sp³-hybridized carbons (Fsp3) is 0.133. The number of hydrogen-bond acceptors (Lipinski definition) is 3. The third kappa shape index (κ3) is 2.88. The zero-order valence-electron chi connectivity index (χ0n) is 10.1. The van der Waals surface area contributed by atoms with Crippen LogP contribution in [-0.4, -0.2) is 16.6 Å². The fourth-order valence-electron chi connectivity index (χ4n) is 1.61. The summed E-state index contributed by atoms with van der Waals surface area (Å²) >= 11 is 0. The number of aromatic nitrogens is 1. The van der Waals surface area contributed by atoms with Gasteiger partial charge in [0, 0.05) is 11.8 Å². The molecule has 0 spiro atoms. The Morgan fingerprint density at radius 2 is 1.72 bits per heavy atom. The highest BCUT2D eigenvalue weighted by Gasteiger charge is 2.14. The number of pyridine rings is 1. The van der Waals surface area contributed by atoms with Crippen LogP contribution in [0.25, 0.3) is 0 Å². The molecule has 0 unspecified atom stereocenters. The highest BCUT2D eigenvalue weighted by atomic mass is 16.1. The van der Waals surface area contributed by atoms with Crippen molar-refractivity contribution in [1.82, 2.24) is 4.98 Å². The van der Waals surface area contributed by atoms with Gasteiger partial charge in [-0.15, -0.1) is 0 Å². The second-order valence-electron chi connectivity index (χ2n) is 4.10. The number of carbonyl (C=O) groups excluding carboxylic acids is 2. The van der Waals surface area contributed by atoms with Gasteiger partial charge in [-0.3, -0.25) is 14.6 Å². The van der Waals surface area contributed by atoms with Crippen molar-refractivity contribution >= 4 is 11.6 Å². The number of ketones is 2. The summed E-state index contributed by atoms with van der Waals surface area (Å²) in [5.74, 6) is -0.424. The lowest BCUT2D eigenvalue weighted by atomic mass is 10.0. The summed E-state index contributed by atoms with van der Waals surface area (Å²) in [6, 6.07) is 12.3. The van der Waals surface area contributed by atoms with Crippen LogP contribution in [-0.2, 0) is 0 Å². The molecule has 1 aromatic heterocycles. The Bertz CT molecular complexity index is 559. The van der Waals surface area contributed by atoms with Gasteiger partial charge in [-0.05, 0) is 19.1 Å². The van der Waals surface area contributed by atoms with Crippen molar-refractivity contribution < 1.29 is 9.59 Å². The topological polar surface area (TPSA) is 47.0 Å². The second-order valence-corrected chi connectivity index (χ2v) is 4.10. The van der Waals surface area contributed by atoms with Crippen molar-refractivity contribution in [3.63, 3.8) is 0 Å². The first kappa shape index (κ1) is 12.2. The Hall–Kier alpha value is -2.29. The highest BCUT2D eigenvalue weighted by molar-refractivity contribution is 6.12. The number of Topliss-reactive ketones (excluding diaryl/α,β-unsaturated/α-hetero) is 2. The summed E-state index contributed by atoms with van der Waals surface area (Å²) in [5, 5.41) is 0. The number of nitrogens with zero attached hydrogens (tertiary/aromatic N) is 1. The molecule has 1 aromatic carbocycles. The second kappa shape index (κ2) is 5.36. The van der Waals surface area contributed by atoms with E-state index in [1.807, 2.05) is 19.1 Å². The number of hydrogen-bond donors (Lipinski definition) is 0. The molecule has 0 aliphatic carbocycles. The van der Waals surface area contributed by atoms with Crippen LogP contribution in [0.1, 0.15) is 32.8 Å². The summed E-state index contributed by atoms with van der Waals surface area (Å²) in [4.78, 5) is 27.6. The lowest BCUT2D eigenvalue weighted by Gasteiger charge is -2.01. The third-order valence-corrected chi connectivity index (χ3v) is 2.65. The molecule has 0 aliphatic rings. The minimum atomic E-state index is -0.249. The number of aryl methyl sites for hydroxylation is 1. The maximum atomic E-state index is 11.9. The van der Waals surface area contributed by atoms with Gasteiger partial charge in [0.05, 0.1) is 6.42 Å². The molecule has 90 valence electrons. The van der Waals surface area contributed by atoms with E-state index < -0.39 is 0 Å². The zero-order chi connectivity index (χ0) is 13.0. The van der Waals surface area contributed by atoms with Crippen molar-refractivity contribution in [2.24, 2.45) is 0 Å². The van der Waals surface area contributed by atoms with E-state index in [-0.39, 0.29) is 18.0 Å². The monoisotopic (exact) mass is 239 g/mol. The molecular weight excluding hydrogens is 226 g/mol. The normalized spacial score (nSPS) is 10.1. The van der Waals surface area contributed by atoms with E-state index in [1.165, 1.54) is 0 Å². The van der Waals surface area contributed by atoms with Crippen LogP contribution in [0.3, 0.4) is 0 Å². The Balaban J connectivity index is 2.08. The van der Waals surface area contributed by atoms with E-state index in [0.29, 0.717) is 11.3 Å². The molecule has 0 fully saturated rings. The number of carbonyl (C=O) groups is 2. The quantitative estimate of drug-likeness (QED) is 0.608. The smallest absolute Gasteiger partial charge is 0.188 e. The molecule has 0 saturated carbocycles. The molecule has 0 bridgehead atoms. The standard InChI is InChI=1S/C15H13NO2/c1-11-5-7-12(8-6-11)14(17)10-15(18)13-4-2-3-9-16-13/h2-9H,10H2,1H3. The summed E-state index contributed by atoms with van der Waals surface area (Å²) in [6.45, 7) is 1.95. The molecule has 3 heteroatoms. The largest absolute Gasteiger partial charge is 0.294 e. The van der Waals surface area contributed by atoms with Gasteiger partial charge in [-0.25, -0.2) is 0 Å². The van der Waals surface area contributed by atoms with E-state index in [9.17, 15) is 9.59 Å². The Morgan fingerprint density at radius 1 is 1.00 bits per heavy atom. The number of benzene rings is 1. The van der Waals surface area contributed by atoms with E-state index in [0.717, 1.165) is 5.56 Å². The van der Waals surface area contributed by atoms with Crippen molar-refractivity contribution in [3.8, 4) is 0 Å². The van der Waals surface area contributed by atoms with Crippen molar-refractivity contribution in [2.75, 3.05) is 0 Å². The molecule has 0 N–H and O–H groups in total. The predicted octanol–water partition coefficient (Wildman–Crippen LogP) is 2.85. The van der Waals surface area contributed by atoms with E-state index in [1.54, 1.807) is 36.5 Å². The predicted molar refractivity (Wildman–Crippen MR) is 68.7 cm³/mol. The SMILES string of the molecule is Cc1ccc(C(=O)CC(=O)c2ccccn2)cc1. The first-order valence-corrected chi connectivity index (χ1v) is 5.71. The van der Waals surface area contributed by atoms with E-state index >= 15 is 0 Å². The van der Waals surface area contributed by atoms with Crippen LogP contribution in [0.5, 0.6) is 0 Å². The average Bonchev–Trinajstić information content (AvgIpc) is 2.40. The lowest BCUT2D eigenvalue weighted by molar-refractivity contribution is 0.0891. The Kier molecular flexibility index (Phi) is 3.63. The van der Waals surface area contributed by atoms with Gasteiger partial charge in [-0.1, -0.05) is 35.9 Å². The van der Waals surface area contributed by atoms with Gasteiger partial charge in [0.2, 0.25) is 0 Å². The highest BCUT2D eigenvalue weighted by Crippen LogP contribution is 2.08. The van der Waals surface area contributed by atoms with Gasteiger partial charge in [0.15, 0.2) is 11.6 Å². The summed E-state index contributed by atoms with van der Waals surface area (Å²) in [6.07, 6.45) is 1.41. The van der Waals surface area contributed by atoms with Gasteiger partial charge in [0.25, 0.3) is 0 Å². The van der Waals surface area contributed by atoms with E-state index in [2.05, 4.69) is 4.98 Å². The van der Waals surface area contributed by atoms with Crippen LogP contribution < -0.4 is 0 Å².